The molecule has 3 heteroatoms. The van der Waals surface area contributed by atoms with E-state index in [-0.39, 0.29) is 18.4 Å². The zero-order valence-corrected chi connectivity index (χ0v) is 10.0. The third-order valence-electron chi connectivity index (χ3n) is 2.89. The number of hydrogen-bond acceptors (Lipinski definition) is 1. The van der Waals surface area contributed by atoms with E-state index >= 15 is 0 Å². The molecule has 0 fully saturated rings. The van der Waals surface area contributed by atoms with Crippen LogP contribution in [-0.4, -0.2) is 6.54 Å². The summed E-state index contributed by atoms with van der Waals surface area (Å²) in [6.45, 7) is 5.88. The molecule has 2 atom stereocenters. The smallest absolute Gasteiger partial charge is 0.129 e. The highest BCUT2D eigenvalue weighted by Gasteiger charge is 2.24. The molecule has 1 aromatic carbocycles. The molecule has 1 aromatic rings. The Balaban J connectivity index is 2.98. The summed E-state index contributed by atoms with van der Waals surface area (Å²) in [4.78, 5) is 0. The molecule has 2 unspecified atom stereocenters. The third kappa shape index (κ3) is 3.01. The molecule has 0 aliphatic carbocycles. The Labute approximate surface area is 95.7 Å². The van der Waals surface area contributed by atoms with Crippen LogP contribution in [0, 0.1) is 24.6 Å². The highest BCUT2D eigenvalue weighted by atomic mass is 19.1. The van der Waals surface area contributed by atoms with E-state index in [2.05, 4.69) is 0 Å². The van der Waals surface area contributed by atoms with Gasteiger partial charge in [0.25, 0.3) is 0 Å². The summed E-state index contributed by atoms with van der Waals surface area (Å²) in [5.74, 6) is -0.512. The van der Waals surface area contributed by atoms with Crippen molar-refractivity contribution < 1.29 is 8.78 Å². The fraction of sp³-hybridized carbons (Fsp3) is 0.538. The van der Waals surface area contributed by atoms with Gasteiger partial charge in [-0.1, -0.05) is 19.9 Å². The summed E-state index contributed by atoms with van der Waals surface area (Å²) in [5, 5.41) is 0. The van der Waals surface area contributed by atoms with Crippen molar-refractivity contribution in [3.63, 3.8) is 0 Å². The van der Waals surface area contributed by atoms with Gasteiger partial charge in [0.1, 0.15) is 12.0 Å². The maximum Gasteiger partial charge on any atom is 0.129 e. The molecular weight excluding hydrogens is 208 g/mol. The quantitative estimate of drug-likeness (QED) is 0.838. The van der Waals surface area contributed by atoms with Gasteiger partial charge in [-0.05, 0) is 42.6 Å². The monoisotopic (exact) mass is 227 g/mol. The van der Waals surface area contributed by atoms with Crippen LogP contribution in [0.25, 0.3) is 0 Å². The molecule has 0 aliphatic heterocycles. The van der Waals surface area contributed by atoms with Gasteiger partial charge in [0.2, 0.25) is 0 Å². The number of aryl methyl sites for hydroxylation is 1. The Morgan fingerprint density at radius 2 is 1.88 bits per heavy atom. The van der Waals surface area contributed by atoms with Crippen molar-refractivity contribution in [2.45, 2.75) is 26.9 Å². The lowest BCUT2D eigenvalue weighted by molar-refractivity contribution is 0.188. The minimum Gasteiger partial charge on any atom is -0.330 e. The lowest BCUT2D eigenvalue weighted by atomic mass is 9.87. The number of alkyl halides is 1. The first-order chi connectivity index (χ1) is 7.45. The predicted molar refractivity (Wildman–Crippen MR) is 62.4 cm³/mol. The molecule has 0 radical (unpaired) electrons. The molecule has 0 saturated carbocycles. The zero-order valence-electron chi connectivity index (χ0n) is 10.0. The van der Waals surface area contributed by atoms with Crippen LogP contribution < -0.4 is 5.73 Å². The number of hydrogen-bond donors (Lipinski definition) is 1. The van der Waals surface area contributed by atoms with Crippen molar-refractivity contribution in [2.75, 3.05) is 6.54 Å². The summed E-state index contributed by atoms with van der Waals surface area (Å²) in [6, 6.07) is 4.32. The molecule has 0 heterocycles. The summed E-state index contributed by atoms with van der Waals surface area (Å²) >= 11 is 0. The third-order valence-corrected chi connectivity index (χ3v) is 2.89. The lowest BCUT2D eigenvalue weighted by Crippen LogP contribution is -2.24. The summed E-state index contributed by atoms with van der Waals surface area (Å²) in [7, 11) is 0. The molecular formula is C13H19F2N. The Morgan fingerprint density at radius 3 is 2.31 bits per heavy atom. The summed E-state index contributed by atoms with van der Waals surface area (Å²) in [6.07, 6.45) is -1.19. The van der Waals surface area contributed by atoms with Crippen LogP contribution in [0.5, 0.6) is 0 Å². The van der Waals surface area contributed by atoms with Crippen molar-refractivity contribution >= 4 is 0 Å². The van der Waals surface area contributed by atoms with Gasteiger partial charge in [-0.2, -0.15) is 0 Å². The molecule has 0 amide bonds. The number of benzene rings is 1. The Hall–Kier alpha value is -0.960. The van der Waals surface area contributed by atoms with Crippen LogP contribution in [0.2, 0.25) is 0 Å². The average Bonchev–Trinajstić information content (AvgIpc) is 2.16. The highest BCUT2D eigenvalue weighted by Crippen LogP contribution is 2.31. The maximum absolute atomic E-state index is 14.2. The van der Waals surface area contributed by atoms with E-state index in [0.717, 1.165) is 5.56 Å². The Morgan fingerprint density at radius 1 is 1.25 bits per heavy atom. The van der Waals surface area contributed by atoms with Gasteiger partial charge >= 0.3 is 0 Å². The topological polar surface area (TPSA) is 26.0 Å². The minimum absolute atomic E-state index is 0.142. The normalized spacial score (nSPS) is 15.2. The fourth-order valence-electron chi connectivity index (χ4n) is 1.90. The van der Waals surface area contributed by atoms with Gasteiger partial charge in [0.05, 0.1) is 0 Å². The summed E-state index contributed by atoms with van der Waals surface area (Å²) < 4.78 is 27.3. The SMILES string of the molecule is Cc1cc(F)cc(C(F)C(CN)C(C)C)c1. The van der Waals surface area contributed by atoms with E-state index in [1.54, 1.807) is 13.0 Å². The maximum atomic E-state index is 14.2. The molecule has 16 heavy (non-hydrogen) atoms. The fourth-order valence-corrected chi connectivity index (χ4v) is 1.90. The summed E-state index contributed by atoms with van der Waals surface area (Å²) in [5.41, 5.74) is 6.68. The Bertz CT molecular complexity index is 330. The molecule has 1 rings (SSSR count). The van der Waals surface area contributed by atoms with Crippen LogP contribution in [0.4, 0.5) is 8.78 Å². The standard InChI is InChI=1S/C13H19F2N/c1-8(2)12(7-16)13(15)10-4-9(3)5-11(14)6-10/h4-6,8,12-13H,7,16H2,1-3H3. The molecule has 90 valence electrons. The van der Waals surface area contributed by atoms with Crippen molar-refractivity contribution in [1.82, 2.24) is 0 Å². The first-order valence-corrected chi connectivity index (χ1v) is 5.57. The van der Waals surface area contributed by atoms with Crippen molar-refractivity contribution in [3.8, 4) is 0 Å². The van der Waals surface area contributed by atoms with Gasteiger partial charge in [-0.25, -0.2) is 8.78 Å². The first kappa shape index (κ1) is 13.1. The molecule has 0 spiro atoms. The van der Waals surface area contributed by atoms with E-state index < -0.39 is 12.0 Å². The zero-order chi connectivity index (χ0) is 12.3. The van der Waals surface area contributed by atoms with Crippen LogP contribution in [0.1, 0.15) is 31.1 Å². The van der Waals surface area contributed by atoms with Crippen LogP contribution in [0.15, 0.2) is 18.2 Å². The van der Waals surface area contributed by atoms with Crippen molar-refractivity contribution in [2.24, 2.45) is 17.6 Å². The number of halogens is 2. The lowest BCUT2D eigenvalue weighted by Gasteiger charge is -2.23. The highest BCUT2D eigenvalue weighted by molar-refractivity contribution is 5.26. The van der Waals surface area contributed by atoms with E-state index in [1.165, 1.54) is 12.1 Å². The van der Waals surface area contributed by atoms with E-state index in [0.29, 0.717) is 5.56 Å². The van der Waals surface area contributed by atoms with Crippen LogP contribution in [-0.2, 0) is 0 Å². The van der Waals surface area contributed by atoms with E-state index in [1.807, 2.05) is 13.8 Å². The molecule has 0 aliphatic rings. The second-order valence-electron chi connectivity index (χ2n) is 4.61. The number of nitrogens with two attached hydrogens (primary N) is 1. The van der Waals surface area contributed by atoms with Gasteiger partial charge < -0.3 is 5.73 Å². The van der Waals surface area contributed by atoms with E-state index in [9.17, 15) is 8.78 Å². The van der Waals surface area contributed by atoms with Gasteiger partial charge in [0, 0.05) is 5.92 Å². The second kappa shape index (κ2) is 5.39. The van der Waals surface area contributed by atoms with Crippen molar-refractivity contribution in [3.05, 3.63) is 35.1 Å². The molecule has 0 saturated heterocycles. The second-order valence-corrected chi connectivity index (χ2v) is 4.61. The first-order valence-electron chi connectivity index (χ1n) is 5.57. The molecule has 0 bridgehead atoms. The number of rotatable bonds is 4. The molecule has 0 aromatic heterocycles. The minimum atomic E-state index is -1.19. The van der Waals surface area contributed by atoms with E-state index in [4.69, 9.17) is 5.73 Å². The van der Waals surface area contributed by atoms with Crippen LogP contribution >= 0.6 is 0 Å². The van der Waals surface area contributed by atoms with Gasteiger partial charge in [-0.15, -0.1) is 0 Å². The predicted octanol–water partition coefficient (Wildman–Crippen LogP) is 3.38. The average molecular weight is 227 g/mol. The molecule has 2 N–H and O–H groups in total. The van der Waals surface area contributed by atoms with Crippen molar-refractivity contribution in [1.29, 1.82) is 0 Å². The van der Waals surface area contributed by atoms with Gasteiger partial charge in [-0.3, -0.25) is 0 Å². The van der Waals surface area contributed by atoms with Crippen LogP contribution in [0.3, 0.4) is 0 Å². The largest absolute Gasteiger partial charge is 0.330 e. The Kier molecular flexibility index (Phi) is 4.42. The molecule has 1 nitrogen and oxygen atoms in total. The van der Waals surface area contributed by atoms with Gasteiger partial charge in [0.15, 0.2) is 0 Å².